The zero-order chi connectivity index (χ0) is 13.0. The van der Waals surface area contributed by atoms with Crippen LogP contribution in [0.2, 0.25) is 10.0 Å². The fourth-order valence-electron chi connectivity index (χ4n) is 2.60. The second-order valence-corrected chi connectivity index (χ2v) is 5.98. The van der Waals surface area contributed by atoms with Gasteiger partial charge in [-0.15, -0.1) is 0 Å². The summed E-state index contributed by atoms with van der Waals surface area (Å²) < 4.78 is 5.96. The normalized spacial score (nSPS) is 18.8. The monoisotopic (exact) mass is 286 g/mol. The first-order chi connectivity index (χ1) is 8.66. The topological polar surface area (TPSA) is 9.23 Å². The summed E-state index contributed by atoms with van der Waals surface area (Å²) in [4.78, 5) is 0. The van der Waals surface area contributed by atoms with Crippen LogP contribution in [0.1, 0.15) is 44.6 Å². The number of ether oxygens (including phenoxy) is 1. The molecule has 0 spiro atoms. The van der Waals surface area contributed by atoms with Gasteiger partial charge in [0.1, 0.15) is 0 Å². The lowest BCUT2D eigenvalue weighted by atomic mass is 9.86. The van der Waals surface area contributed by atoms with Crippen LogP contribution in [0.5, 0.6) is 0 Å². The van der Waals surface area contributed by atoms with Crippen molar-refractivity contribution in [3.8, 4) is 0 Å². The Bertz CT molecular complexity index is 386. The molecule has 0 amide bonds. The molecule has 1 aliphatic carbocycles. The van der Waals surface area contributed by atoms with Gasteiger partial charge in [0, 0.05) is 0 Å². The fraction of sp³-hybridized carbons (Fsp3) is 0.600. The zero-order valence-corrected chi connectivity index (χ0v) is 12.3. The predicted molar refractivity (Wildman–Crippen MR) is 77.3 cm³/mol. The quantitative estimate of drug-likeness (QED) is 0.712. The van der Waals surface area contributed by atoms with Crippen LogP contribution in [0.4, 0.5) is 0 Å². The molecule has 1 atom stereocenters. The van der Waals surface area contributed by atoms with Crippen molar-refractivity contribution < 1.29 is 4.74 Å². The maximum Gasteiger partial charge on any atom is 0.0721 e. The number of hydrogen-bond acceptors (Lipinski definition) is 1. The van der Waals surface area contributed by atoms with Gasteiger partial charge in [0.2, 0.25) is 0 Å². The molecule has 1 fully saturated rings. The average molecular weight is 287 g/mol. The molecule has 1 unspecified atom stereocenters. The van der Waals surface area contributed by atoms with Crippen LogP contribution >= 0.6 is 23.2 Å². The number of benzene rings is 1. The molecule has 3 heteroatoms. The largest absolute Gasteiger partial charge is 0.374 e. The molecule has 0 saturated heterocycles. The van der Waals surface area contributed by atoms with Crippen LogP contribution in [0.25, 0.3) is 0 Å². The van der Waals surface area contributed by atoms with Crippen molar-refractivity contribution in [3.05, 3.63) is 33.8 Å². The first kappa shape index (κ1) is 14.2. The smallest absolute Gasteiger partial charge is 0.0721 e. The van der Waals surface area contributed by atoms with E-state index >= 15 is 0 Å². The van der Waals surface area contributed by atoms with Gasteiger partial charge in [0.05, 0.1) is 22.8 Å². The summed E-state index contributed by atoms with van der Waals surface area (Å²) in [5, 5.41) is 1.20. The molecule has 0 heterocycles. The second-order valence-electron chi connectivity index (χ2n) is 5.16. The Labute approximate surface area is 119 Å². The summed E-state index contributed by atoms with van der Waals surface area (Å²) in [7, 11) is 0. The van der Waals surface area contributed by atoms with E-state index in [9.17, 15) is 0 Å². The van der Waals surface area contributed by atoms with Gasteiger partial charge in [-0.25, -0.2) is 0 Å². The predicted octanol–water partition coefficient (Wildman–Crippen LogP) is 5.48. The van der Waals surface area contributed by atoms with E-state index in [1.807, 2.05) is 18.2 Å². The van der Waals surface area contributed by atoms with E-state index < -0.39 is 0 Å². The molecule has 2 rings (SSSR count). The molecule has 1 aromatic carbocycles. The molecular formula is C15H20Cl2O. The van der Waals surface area contributed by atoms with Gasteiger partial charge in [-0.05, 0) is 43.4 Å². The van der Waals surface area contributed by atoms with Crippen molar-refractivity contribution in [1.82, 2.24) is 0 Å². The highest BCUT2D eigenvalue weighted by Crippen LogP contribution is 2.29. The Morgan fingerprint density at radius 3 is 2.56 bits per heavy atom. The minimum Gasteiger partial charge on any atom is -0.374 e. The average Bonchev–Trinajstić information content (AvgIpc) is 2.41. The van der Waals surface area contributed by atoms with Crippen LogP contribution in [-0.4, -0.2) is 6.10 Å². The van der Waals surface area contributed by atoms with Crippen LogP contribution in [0, 0.1) is 5.92 Å². The molecule has 0 bridgehead atoms. The van der Waals surface area contributed by atoms with Crippen LogP contribution in [0.3, 0.4) is 0 Å². The zero-order valence-electron chi connectivity index (χ0n) is 10.8. The Morgan fingerprint density at radius 2 is 1.89 bits per heavy atom. The molecule has 0 aliphatic heterocycles. The Kier molecular flexibility index (Phi) is 5.35. The van der Waals surface area contributed by atoms with Gasteiger partial charge >= 0.3 is 0 Å². The Hall–Kier alpha value is -0.240. The van der Waals surface area contributed by atoms with Crippen molar-refractivity contribution in [1.29, 1.82) is 0 Å². The van der Waals surface area contributed by atoms with Gasteiger partial charge in [-0.2, -0.15) is 0 Å². The third-order valence-electron chi connectivity index (χ3n) is 3.81. The SMILES string of the molecule is CC(OCc1ccc(Cl)c(Cl)c1)C1CCCCC1. The Balaban J connectivity index is 1.84. The Morgan fingerprint density at radius 1 is 1.17 bits per heavy atom. The summed E-state index contributed by atoms with van der Waals surface area (Å²) in [6.07, 6.45) is 7.04. The minimum absolute atomic E-state index is 0.333. The molecule has 1 aliphatic rings. The van der Waals surface area contributed by atoms with E-state index in [2.05, 4.69) is 6.92 Å². The van der Waals surface area contributed by atoms with E-state index in [-0.39, 0.29) is 0 Å². The van der Waals surface area contributed by atoms with E-state index in [4.69, 9.17) is 27.9 Å². The van der Waals surface area contributed by atoms with Crippen LogP contribution in [0.15, 0.2) is 18.2 Å². The standard InChI is InChI=1S/C15H20Cl2O/c1-11(13-5-3-2-4-6-13)18-10-12-7-8-14(16)15(17)9-12/h7-9,11,13H,2-6,10H2,1H3. The van der Waals surface area contributed by atoms with Crippen molar-refractivity contribution in [2.45, 2.75) is 51.7 Å². The number of rotatable bonds is 4. The molecule has 0 radical (unpaired) electrons. The molecule has 1 aromatic rings. The van der Waals surface area contributed by atoms with E-state index in [1.165, 1.54) is 32.1 Å². The summed E-state index contributed by atoms with van der Waals surface area (Å²) in [5.41, 5.74) is 1.09. The van der Waals surface area contributed by atoms with E-state index in [0.29, 0.717) is 22.8 Å². The number of halogens is 2. The first-order valence-electron chi connectivity index (χ1n) is 6.72. The summed E-state index contributed by atoms with van der Waals surface area (Å²) in [5.74, 6) is 0.724. The maximum atomic E-state index is 5.99. The highest BCUT2D eigenvalue weighted by Gasteiger charge is 2.20. The molecule has 1 nitrogen and oxygen atoms in total. The molecule has 1 saturated carbocycles. The van der Waals surface area contributed by atoms with Crippen molar-refractivity contribution >= 4 is 23.2 Å². The summed E-state index contributed by atoms with van der Waals surface area (Å²) in [6, 6.07) is 5.69. The van der Waals surface area contributed by atoms with Crippen molar-refractivity contribution in [2.75, 3.05) is 0 Å². The third-order valence-corrected chi connectivity index (χ3v) is 4.55. The third kappa shape index (κ3) is 3.88. The van der Waals surface area contributed by atoms with Gasteiger partial charge < -0.3 is 4.74 Å². The molecular weight excluding hydrogens is 267 g/mol. The lowest BCUT2D eigenvalue weighted by Crippen LogP contribution is -2.22. The molecule has 0 N–H and O–H groups in total. The highest BCUT2D eigenvalue weighted by molar-refractivity contribution is 6.42. The number of hydrogen-bond donors (Lipinski definition) is 0. The minimum atomic E-state index is 0.333. The van der Waals surface area contributed by atoms with Gasteiger partial charge in [0.25, 0.3) is 0 Å². The van der Waals surface area contributed by atoms with Crippen LogP contribution < -0.4 is 0 Å². The highest BCUT2D eigenvalue weighted by atomic mass is 35.5. The van der Waals surface area contributed by atoms with Gasteiger partial charge in [-0.3, -0.25) is 0 Å². The summed E-state index contributed by atoms with van der Waals surface area (Å²) >= 11 is 11.9. The lowest BCUT2D eigenvalue weighted by molar-refractivity contribution is 0.00207. The van der Waals surface area contributed by atoms with Gasteiger partial charge in [0.15, 0.2) is 0 Å². The molecule has 100 valence electrons. The van der Waals surface area contributed by atoms with Crippen molar-refractivity contribution in [3.63, 3.8) is 0 Å². The van der Waals surface area contributed by atoms with Crippen LogP contribution in [-0.2, 0) is 11.3 Å². The summed E-state index contributed by atoms with van der Waals surface area (Å²) in [6.45, 7) is 2.81. The lowest BCUT2D eigenvalue weighted by Gasteiger charge is -2.27. The molecule has 18 heavy (non-hydrogen) atoms. The fourth-order valence-corrected chi connectivity index (χ4v) is 2.92. The first-order valence-corrected chi connectivity index (χ1v) is 7.48. The van der Waals surface area contributed by atoms with Crippen molar-refractivity contribution in [2.24, 2.45) is 5.92 Å². The maximum absolute atomic E-state index is 5.99. The second kappa shape index (κ2) is 6.79. The van der Waals surface area contributed by atoms with Gasteiger partial charge in [-0.1, -0.05) is 48.5 Å². The molecule has 0 aromatic heterocycles. The van der Waals surface area contributed by atoms with E-state index in [1.54, 1.807) is 0 Å². The van der Waals surface area contributed by atoms with E-state index in [0.717, 1.165) is 11.5 Å².